The molecule has 3 aromatic carbocycles. The van der Waals surface area contributed by atoms with E-state index in [0.29, 0.717) is 23.4 Å². The fourth-order valence-corrected chi connectivity index (χ4v) is 6.52. The van der Waals surface area contributed by atoms with Gasteiger partial charge in [-0.25, -0.2) is 8.42 Å². The van der Waals surface area contributed by atoms with E-state index in [2.05, 4.69) is 11.4 Å². The molecule has 178 valence electrons. The Hall–Kier alpha value is -3.64. The minimum atomic E-state index is -4.14. The summed E-state index contributed by atoms with van der Waals surface area (Å²) < 4.78 is 29.7. The molecule has 1 heterocycles. The highest BCUT2D eigenvalue weighted by atomic mass is 32.2. The number of carbonyl (C=O) groups excluding carboxylic acids is 1. The summed E-state index contributed by atoms with van der Waals surface area (Å²) in [5, 5.41) is 2.92. The van der Waals surface area contributed by atoms with E-state index >= 15 is 0 Å². The van der Waals surface area contributed by atoms with E-state index in [-0.39, 0.29) is 11.4 Å². The normalized spacial score (nSPS) is 16.9. The summed E-state index contributed by atoms with van der Waals surface area (Å²) in [6.07, 6.45) is 6.33. The van der Waals surface area contributed by atoms with Gasteiger partial charge in [0.2, 0.25) is 0 Å². The highest BCUT2D eigenvalue weighted by Crippen LogP contribution is 2.43. The average Bonchev–Trinajstić information content (AvgIpc) is 2.90. The maximum absolute atomic E-state index is 14.1. The van der Waals surface area contributed by atoms with Crippen molar-refractivity contribution in [1.29, 1.82) is 0 Å². The van der Waals surface area contributed by atoms with Crippen molar-refractivity contribution in [2.75, 3.05) is 10.8 Å². The Morgan fingerprint density at radius 3 is 2.26 bits per heavy atom. The number of hydrogen-bond acceptors (Lipinski definition) is 3. The molecule has 5 rings (SSSR count). The Morgan fingerprint density at radius 2 is 1.54 bits per heavy atom. The number of nitrogens with zero attached hydrogens (tertiary/aromatic N) is 1. The van der Waals surface area contributed by atoms with Gasteiger partial charge in [0.25, 0.3) is 15.9 Å². The second-order valence-electron chi connectivity index (χ2n) is 8.88. The van der Waals surface area contributed by atoms with Gasteiger partial charge in [0.05, 0.1) is 12.2 Å². The maximum atomic E-state index is 14.1. The average molecular weight is 485 g/mol. The van der Waals surface area contributed by atoms with Gasteiger partial charge >= 0.3 is 0 Å². The summed E-state index contributed by atoms with van der Waals surface area (Å²) in [5.41, 5.74) is 4.45. The second kappa shape index (κ2) is 9.92. The monoisotopic (exact) mass is 484 g/mol. The Bertz CT molecular complexity index is 1390. The fourth-order valence-electron chi connectivity index (χ4n) is 4.77. The van der Waals surface area contributed by atoms with Gasteiger partial charge in [-0.05, 0) is 42.9 Å². The predicted molar refractivity (Wildman–Crippen MR) is 140 cm³/mol. The number of fused-ring (bicyclic) bond motifs is 1. The van der Waals surface area contributed by atoms with Crippen molar-refractivity contribution in [2.24, 2.45) is 0 Å². The number of allylic oxidation sites excluding steroid dienone is 1. The predicted octanol–water partition coefficient (Wildman–Crippen LogP) is 5.41. The van der Waals surface area contributed by atoms with Crippen LogP contribution in [0.25, 0.3) is 5.57 Å². The summed E-state index contributed by atoms with van der Waals surface area (Å²) in [6.45, 7) is 0.504. The van der Waals surface area contributed by atoms with Crippen molar-refractivity contribution >= 4 is 27.2 Å². The van der Waals surface area contributed by atoms with Crippen molar-refractivity contribution in [3.8, 4) is 0 Å². The number of sulfonamides is 1. The lowest BCUT2D eigenvalue weighted by Crippen LogP contribution is -2.41. The van der Waals surface area contributed by atoms with E-state index in [9.17, 15) is 13.2 Å². The molecule has 0 fully saturated rings. The number of hydrogen-bond donors (Lipinski definition) is 1. The van der Waals surface area contributed by atoms with Gasteiger partial charge in [0.1, 0.15) is 0 Å². The van der Waals surface area contributed by atoms with E-state index in [1.807, 2.05) is 78.9 Å². The van der Waals surface area contributed by atoms with Crippen molar-refractivity contribution in [2.45, 2.75) is 32.2 Å². The molecular weight excluding hydrogens is 456 g/mol. The third-order valence-corrected chi connectivity index (χ3v) is 8.33. The van der Waals surface area contributed by atoms with Gasteiger partial charge in [0, 0.05) is 17.7 Å². The van der Waals surface area contributed by atoms with Gasteiger partial charge < -0.3 is 5.32 Å². The first-order valence-corrected chi connectivity index (χ1v) is 13.4. The van der Waals surface area contributed by atoms with Gasteiger partial charge in [0.15, 0.2) is 4.91 Å². The molecule has 1 aliphatic heterocycles. The smallest absolute Gasteiger partial charge is 0.270 e. The third kappa shape index (κ3) is 4.66. The van der Waals surface area contributed by atoms with Crippen molar-refractivity contribution in [3.05, 3.63) is 118 Å². The topological polar surface area (TPSA) is 66.5 Å². The molecule has 6 heteroatoms. The standard InChI is InChI=1S/C29H28N2O3S/c32-29(30-20-22-12-4-1-5-13-22)28-27(24-16-8-3-9-17-24)25-18-10-11-19-26(25)31(35(28,33)34)21-23-14-6-2-7-15-23/h2-3,6-12,14-19H,1,4-5,13,20-21H2,(H,30,32). The molecular formula is C29H28N2O3S. The van der Waals surface area contributed by atoms with E-state index < -0.39 is 15.9 Å². The molecule has 2 aliphatic rings. The van der Waals surface area contributed by atoms with Gasteiger partial charge in [-0.2, -0.15) is 0 Å². The van der Waals surface area contributed by atoms with E-state index in [1.165, 1.54) is 4.31 Å². The molecule has 0 bridgehead atoms. The largest absolute Gasteiger partial charge is 0.348 e. The van der Waals surface area contributed by atoms with Crippen LogP contribution in [0.4, 0.5) is 5.69 Å². The number of amides is 1. The van der Waals surface area contributed by atoms with E-state index in [1.54, 1.807) is 6.07 Å². The number of anilines is 1. The first-order chi connectivity index (χ1) is 17.1. The van der Waals surface area contributed by atoms with Gasteiger partial charge in [-0.3, -0.25) is 9.10 Å². The van der Waals surface area contributed by atoms with Crippen LogP contribution in [0.1, 0.15) is 42.4 Å². The van der Waals surface area contributed by atoms with Crippen LogP contribution in [0.3, 0.4) is 0 Å². The first-order valence-electron chi connectivity index (χ1n) is 12.0. The molecule has 0 aromatic heterocycles. The molecule has 3 aromatic rings. The Labute approximate surface area is 206 Å². The highest BCUT2D eigenvalue weighted by molar-refractivity contribution is 7.97. The van der Waals surface area contributed by atoms with Crippen LogP contribution in [-0.4, -0.2) is 20.9 Å². The molecule has 5 nitrogen and oxygen atoms in total. The van der Waals surface area contributed by atoms with Crippen LogP contribution in [-0.2, 0) is 21.4 Å². The summed E-state index contributed by atoms with van der Waals surface area (Å²) in [7, 11) is -4.14. The minimum Gasteiger partial charge on any atom is -0.348 e. The van der Waals surface area contributed by atoms with Crippen molar-refractivity contribution in [3.63, 3.8) is 0 Å². The Kier molecular flexibility index (Phi) is 6.55. The lowest BCUT2D eigenvalue weighted by atomic mass is 9.95. The second-order valence-corrected chi connectivity index (χ2v) is 10.7. The first kappa shape index (κ1) is 23.1. The van der Waals surface area contributed by atoms with Crippen LogP contribution in [0.5, 0.6) is 0 Å². The molecule has 1 N–H and O–H groups in total. The van der Waals surface area contributed by atoms with Gasteiger partial charge in [-0.1, -0.05) is 90.5 Å². The molecule has 0 radical (unpaired) electrons. The molecule has 0 spiro atoms. The minimum absolute atomic E-state index is 0.143. The lowest BCUT2D eigenvalue weighted by Gasteiger charge is -2.33. The Morgan fingerprint density at radius 1 is 0.857 bits per heavy atom. The third-order valence-electron chi connectivity index (χ3n) is 6.52. The number of benzene rings is 3. The van der Waals surface area contributed by atoms with Crippen LogP contribution in [0, 0.1) is 0 Å². The van der Waals surface area contributed by atoms with E-state index in [0.717, 1.165) is 42.4 Å². The zero-order valence-corrected chi connectivity index (χ0v) is 20.3. The number of rotatable bonds is 6. The number of carbonyl (C=O) groups is 1. The molecule has 0 saturated heterocycles. The summed E-state index contributed by atoms with van der Waals surface area (Å²) in [4.78, 5) is 13.4. The zero-order chi connectivity index (χ0) is 24.3. The Balaban J connectivity index is 1.64. The van der Waals surface area contributed by atoms with Crippen LogP contribution < -0.4 is 9.62 Å². The summed E-state index contributed by atoms with van der Waals surface area (Å²) in [5.74, 6) is -0.567. The van der Waals surface area contributed by atoms with Crippen molar-refractivity contribution < 1.29 is 13.2 Å². The number of para-hydroxylation sites is 1. The molecule has 0 unspecified atom stereocenters. The quantitative estimate of drug-likeness (QED) is 0.476. The SMILES string of the molecule is O=C(NCC1=CCCCC1)C1=C(c2ccccc2)c2ccccc2N(Cc2ccccc2)S1(=O)=O. The fraction of sp³-hybridized carbons (Fsp3) is 0.207. The van der Waals surface area contributed by atoms with E-state index in [4.69, 9.17) is 0 Å². The molecule has 0 saturated carbocycles. The van der Waals surface area contributed by atoms with Crippen LogP contribution >= 0.6 is 0 Å². The summed E-state index contributed by atoms with van der Waals surface area (Å²) >= 11 is 0. The molecule has 1 aliphatic carbocycles. The van der Waals surface area contributed by atoms with Gasteiger partial charge in [-0.15, -0.1) is 0 Å². The molecule has 35 heavy (non-hydrogen) atoms. The molecule has 1 amide bonds. The summed E-state index contributed by atoms with van der Waals surface area (Å²) in [6, 6.07) is 26.2. The van der Waals surface area contributed by atoms with Crippen molar-refractivity contribution in [1.82, 2.24) is 5.32 Å². The lowest BCUT2D eigenvalue weighted by molar-refractivity contribution is -0.116. The number of nitrogens with one attached hydrogen (secondary N) is 1. The molecule has 0 atom stereocenters. The zero-order valence-electron chi connectivity index (χ0n) is 19.5. The highest BCUT2D eigenvalue weighted by Gasteiger charge is 2.41. The maximum Gasteiger partial charge on any atom is 0.270 e. The van der Waals surface area contributed by atoms with Crippen LogP contribution in [0.2, 0.25) is 0 Å². The van der Waals surface area contributed by atoms with Crippen LogP contribution in [0.15, 0.2) is 101 Å².